The molecule has 2 rings (SSSR count). The highest BCUT2D eigenvalue weighted by Gasteiger charge is 2.24. The van der Waals surface area contributed by atoms with Crippen molar-refractivity contribution in [3.63, 3.8) is 0 Å². The second-order valence-corrected chi connectivity index (χ2v) is 7.21. The molecule has 0 spiro atoms. The number of nitrogens with two attached hydrogens (primary N) is 1. The van der Waals surface area contributed by atoms with Crippen LogP contribution in [0.15, 0.2) is 24.3 Å². The van der Waals surface area contributed by atoms with Gasteiger partial charge in [-0.05, 0) is 31.5 Å². The van der Waals surface area contributed by atoms with Crippen LogP contribution in [0, 0.1) is 0 Å². The molecule has 0 aliphatic carbocycles. The number of ether oxygens (including phenoxy) is 1. The van der Waals surface area contributed by atoms with Gasteiger partial charge in [-0.25, -0.2) is 0 Å². The molecule has 2 N–H and O–H groups in total. The second-order valence-electron chi connectivity index (χ2n) is 5.66. The van der Waals surface area contributed by atoms with Gasteiger partial charge in [0, 0.05) is 36.7 Å². The number of benzene rings is 1. The fourth-order valence-corrected chi connectivity index (χ4v) is 3.70. The maximum atomic E-state index is 6.02. The predicted octanol–water partition coefficient (Wildman–Crippen LogP) is 2.91. The summed E-state index contributed by atoms with van der Waals surface area (Å²) in [4.78, 5) is 2.51. The number of thioether (sulfide) groups is 1. The molecule has 0 radical (unpaired) electrons. The standard InChI is InChI=1S/C16H26N2OS/c1-12(2)19-15-6-4-14(5-7-15)16(10-17)18-8-9-20-13(3)11-18/h4-7,12-13,16H,8-11,17H2,1-3H3. The lowest BCUT2D eigenvalue weighted by molar-refractivity contribution is 0.210. The molecule has 2 unspecified atom stereocenters. The monoisotopic (exact) mass is 294 g/mol. The highest BCUT2D eigenvalue weighted by atomic mass is 32.2. The van der Waals surface area contributed by atoms with Crippen molar-refractivity contribution in [3.8, 4) is 5.75 Å². The first-order valence-electron chi connectivity index (χ1n) is 7.42. The zero-order chi connectivity index (χ0) is 14.5. The summed E-state index contributed by atoms with van der Waals surface area (Å²) in [6.45, 7) is 9.30. The Bertz CT molecular complexity index is 407. The molecule has 20 heavy (non-hydrogen) atoms. The Kier molecular flexibility index (Phi) is 5.75. The van der Waals surface area contributed by atoms with Crippen LogP contribution in [-0.2, 0) is 0 Å². The Morgan fingerprint density at radius 1 is 1.35 bits per heavy atom. The number of hydrogen-bond acceptors (Lipinski definition) is 4. The molecular weight excluding hydrogens is 268 g/mol. The molecule has 3 nitrogen and oxygen atoms in total. The first-order chi connectivity index (χ1) is 9.60. The molecule has 1 aromatic rings. The van der Waals surface area contributed by atoms with Crippen LogP contribution >= 0.6 is 11.8 Å². The van der Waals surface area contributed by atoms with Crippen molar-refractivity contribution in [1.29, 1.82) is 0 Å². The summed E-state index contributed by atoms with van der Waals surface area (Å²) in [5.74, 6) is 2.13. The lowest BCUT2D eigenvalue weighted by atomic mass is 10.0. The minimum atomic E-state index is 0.214. The molecule has 1 saturated heterocycles. The molecular formula is C16H26N2OS. The Morgan fingerprint density at radius 3 is 2.60 bits per heavy atom. The summed E-state index contributed by atoms with van der Waals surface area (Å²) in [7, 11) is 0. The molecule has 1 aliphatic rings. The summed E-state index contributed by atoms with van der Waals surface area (Å²) in [6.07, 6.45) is 0.214. The minimum Gasteiger partial charge on any atom is -0.491 e. The van der Waals surface area contributed by atoms with Crippen LogP contribution in [0.5, 0.6) is 5.75 Å². The van der Waals surface area contributed by atoms with Crippen LogP contribution in [-0.4, -0.2) is 41.6 Å². The molecule has 1 heterocycles. The van der Waals surface area contributed by atoms with E-state index in [0.29, 0.717) is 17.8 Å². The van der Waals surface area contributed by atoms with Crippen molar-refractivity contribution in [2.45, 2.75) is 38.2 Å². The average molecular weight is 294 g/mol. The Labute approximate surface area is 126 Å². The normalized spacial score (nSPS) is 21.9. The fraction of sp³-hybridized carbons (Fsp3) is 0.625. The van der Waals surface area contributed by atoms with Crippen LogP contribution < -0.4 is 10.5 Å². The number of hydrogen-bond donors (Lipinski definition) is 1. The van der Waals surface area contributed by atoms with Crippen molar-refractivity contribution < 1.29 is 4.74 Å². The zero-order valence-corrected chi connectivity index (χ0v) is 13.5. The lowest BCUT2D eigenvalue weighted by Gasteiger charge is -2.36. The molecule has 1 aliphatic heterocycles. The van der Waals surface area contributed by atoms with Crippen LogP contribution in [0.3, 0.4) is 0 Å². The first kappa shape index (κ1) is 15.7. The van der Waals surface area contributed by atoms with E-state index in [2.05, 4.69) is 47.9 Å². The van der Waals surface area contributed by atoms with Gasteiger partial charge in [-0.1, -0.05) is 19.1 Å². The van der Waals surface area contributed by atoms with Crippen molar-refractivity contribution in [2.24, 2.45) is 5.73 Å². The highest BCUT2D eigenvalue weighted by molar-refractivity contribution is 7.99. The van der Waals surface area contributed by atoms with Crippen LogP contribution in [0.2, 0.25) is 0 Å². The van der Waals surface area contributed by atoms with Crippen molar-refractivity contribution >= 4 is 11.8 Å². The van der Waals surface area contributed by atoms with Gasteiger partial charge >= 0.3 is 0 Å². The zero-order valence-electron chi connectivity index (χ0n) is 12.7. The van der Waals surface area contributed by atoms with E-state index in [0.717, 1.165) is 18.8 Å². The van der Waals surface area contributed by atoms with Gasteiger partial charge in [0.15, 0.2) is 0 Å². The quantitative estimate of drug-likeness (QED) is 0.906. The molecule has 0 saturated carbocycles. The van der Waals surface area contributed by atoms with Gasteiger partial charge in [0.1, 0.15) is 5.75 Å². The van der Waals surface area contributed by atoms with Crippen molar-refractivity contribution in [3.05, 3.63) is 29.8 Å². The SMILES string of the molecule is CC(C)Oc1ccc(C(CN)N2CCSC(C)C2)cc1. The molecule has 112 valence electrons. The minimum absolute atomic E-state index is 0.214. The smallest absolute Gasteiger partial charge is 0.119 e. The summed E-state index contributed by atoms with van der Waals surface area (Å²) in [5, 5.41) is 0.696. The average Bonchev–Trinajstić information content (AvgIpc) is 2.41. The summed E-state index contributed by atoms with van der Waals surface area (Å²) in [6, 6.07) is 8.75. The maximum absolute atomic E-state index is 6.02. The second kappa shape index (κ2) is 7.34. The van der Waals surface area contributed by atoms with Crippen LogP contribution in [0.25, 0.3) is 0 Å². The highest BCUT2D eigenvalue weighted by Crippen LogP contribution is 2.27. The van der Waals surface area contributed by atoms with E-state index in [1.807, 2.05) is 13.8 Å². The van der Waals surface area contributed by atoms with Gasteiger partial charge < -0.3 is 10.5 Å². The van der Waals surface area contributed by atoms with Gasteiger partial charge in [-0.3, -0.25) is 4.90 Å². The molecule has 4 heteroatoms. The van der Waals surface area contributed by atoms with E-state index in [-0.39, 0.29) is 6.10 Å². The van der Waals surface area contributed by atoms with E-state index in [1.165, 1.54) is 11.3 Å². The van der Waals surface area contributed by atoms with E-state index >= 15 is 0 Å². The number of nitrogens with zero attached hydrogens (tertiary/aromatic N) is 1. The summed E-state index contributed by atoms with van der Waals surface area (Å²) >= 11 is 2.05. The van der Waals surface area contributed by atoms with Crippen LogP contribution in [0.1, 0.15) is 32.4 Å². The van der Waals surface area contributed by atoms with E-state index < -0.39 is 0 Å². The predicted molar refractivity (Wildman–Crippen MR) is 87.5 cm³/mol. The molecule has 2 atom stereocenters. The van der Waals surface area contributed by atoms with E-state index in [4.69, 9.17) is 10.5 Å². The molecule has 1 aromatic carbocycles. The third-order valence-electron chi connectivity index (χ3n) is 3.57. The van der Waals surface area contributed by atoms with Gasteiger partial charge in [-0.2, -0.15) is 11.8 Å². The van der Waals surface area contributed by atoms with Gasteiger partial charge in [0.05, 0.1) is 6.10 Å². The third kappa shape index (κ3) is 4.14. The lowest BCUT2D eigenvalue weighted by Crippen LogP contribution is -2.42. The van der Waals surface area contributed by atoms with Crippen molar-refractivity contribution in [1.82, 2.24) is 4.90 Å². The maximum Gasteiger partial charge on any atom is 0.119 e. The van der Waals surface area contributed by atoms with E-state index in [9.17, 15) is 0 Å². The topological polar surface area (TPSA) is 38.5 Å². The summed E-state index contributed by atoms with van der Waals surface area (Å²) < 4.78 is 5.70. The Hall–Kier alpha value is -0.710. The van der Waals surface area contributed by atoms with Crippen molar-refractivity contribution in [2.75, 3.05) is 25.4 Å². The molecule has 0 aromatic heterocycles. The molecule has 0 bridgehead atoms. The molecule has 1 fully saturated rings. The third-order valence-corrected chi connectivity index (χ3v) is 4.71. The summed E-state index contributed by atoms with van der Waals surface area (Å²) in [5.41, 5.74) is 7.31. The Balaban J connectivity index is 2.07. The fourth-order valence-electron chi connectivity index (χ4n) is 2.67. The van der Waals surface area contributed by atoms with Gasteiger partial charge in [0.25, 0.3) is 0 Å². The molecule has 0 amide bonds. The van der Waals surface area contributed by atoms with Crippen LogP contribution in [0.4, 0.5) is 0 Å². The van der Waals surface area contributed by atoms with Gasteiger partial charge in [-0.15, -0.1) is 0 Å². The largest absolute Gasteiger partial charge is 0.491 e. The Morgan fingerprint density at radius 2 is 2.05 bits per heavy atom. The van der Waals surface area contributed by atoms with E-state index in [1.54, 1.807) is 0 Å². The first-order valence-corrected chi connectivity index (χ1v) is 8.47. The number of rotatable bonds is 5. The van der Waals surface area contributed by atoms with Gasteiger partial charge in [0.2, 0.25) is 0 Å².